The van der Waals surface area contributed by atoms with Crippen molar-refractivity contribution in [1.29, 1.82) is 0 Å². The number of rotatable bonds is 7. The molecule has 2 heterocycles. The number of halogens is 2. The number of morpholine rings is 1. The lowest BCUT2D eigenvalue weighted by Gasteiger charge is -2.36. The van der Waals surface area contributed by atoms with E-state index in [0.717, 1.165) is 64.2 Å². The highest BCUT2D eigenvalue weighted by molar-refractivity contribution is 14.0. The second-order valence-corrected chi connectivity index (χ2v) is 7.34. The quantitative estimate of drug-likeness (QED) is 0.257. The lowest BCUT2D eigenvalue weighted by atomic mass is 9.74. The van der Waals surface area contributed by atoms with Gasteiger partial charge in [0.1, 0.15) is 5.82 Å². The van der Waals surface area contributed by atoms with Gasteiger partial charge in [-0.1, -0.05) is 12.1 Å². The van der Waals surface area contributed by atoms with Gasteiger partial charge >= 0.3 is 0 Å². The molecule has 0 aromatic heterocycles. The summed E-state index contributed by atoms with van der Waals surface area (Å²) < 4.78 is 24.6. The number of hydrogen-bond donors (Lipinski definition) is 2. The smallest absolute Gasteiger partial charge is 0.188 e. The molecule has 0 bridgehead atoms. The first-order valence-electron chi connectivity index (χ1n) is 9.86. The SMILES string of the molecule is I.NC(=NCC1(c2cccc(F)c2)CCOCC1)NCCCN1CCOCC1. The van der Waals surface area contributed by atoms with Gasteiger partial charge < -0.3 is 20.5 Å². The topological polar surface area (TPSA) is 72.1 Å². The summed E-state index contributed by atoms with van der Waals surface area (Å²) in [5.41, 5.74) is 6.85. The van der Waals surface area contributed by atoms with Gasteiger partial charge in [0.25, 0.3) is 0 Å². The first kappa shape index (κ1) is 23.3. The maximum atomic E-state index is 13.7. The summed E-state index contributed by atoms with van der Waals surface area (Å²) in [7, 11) is 0. The van der Waals surface area contributed by atoms with Crippen molar-refractivity contribution in [2.45, 2.75) is 24.7 Å². The van der Waals surface area contributed by atoms with Crippen LogP contribution in [0.15, 0.2) is 29.3 Å². The molecule has 0 saturated carbocycles. The van der Waals surface area contributed by atoms with Gasteiger partial charge in [0, 0.05) is 38.3 Å². The van der Waals surface area contributed by atoms with Crippen molar-refractivity contribution in [3.63, 3.8) is 0 Å². The summed E-state index contributed by atoms with van der Waals surface area (Å²) in [6.45, 7) is 7.35. The van der Waals surface area contributed by atoms with E-state index in [2.05, 4.69) is 15.2 Å². The fourth-order valence-corrected chi connectivity index (χ4v) is 3.75. The van der Waals surface area contributed by atoms with E-state index in [1.54, 1.807) is 12.1 Å². The van der Waals surface area contributed by atoms with Crippen LogP contribution in [0, 0.1) is 5.82 Å². The van der Waals surface area contributed by atoms with Gasteiger partial charge in [0.15, 0.2) is 5.96 Å². The summed E-state index contributed by atoms with van der Waals surface area (Å²) in [4.78, 5) is 6.98. The minimum atomic E-state index is -0.212. The molecule has 1 aromatic rings. The minimum absolute atomic E-state index is 0. The number of guanidine groups is 1. The van der Waals surface area contributed by atoms with Gasteiger partial charge in [-0.3, -0.25) is 9.89 Å². The first-order chi connectivity index (χ1) is 13.2. The van der Waals surface area contributed by atoms with E-state index >= 15 is 0 Å². The van der Waals surface area contributed by atoms with Crippen LogP contribution in [0.3, 0.4) is 0 Å². The zero-order valence-corrected chi connectivity index (χ0v) is 18.7. The molecule has 0 unspecified atom stereocenters. The molecule has 158 valence electrons. The predicted octanol–water partition coefficient (Wildman–Crippen LogP) is 2.12. The molecule has 28 heavy (non-hydrogen) atoms. The largest absolute Gasteiger partial charge is 0.381 e. The average Bonchev–Trinajstić information content (AvgIpc) is 2.71. The van der Waals surface area contributed by atoms with E-state index in [1.807, 2.05) is 6.07 Å². The van der Waals surface area contributed by atoms with Crippen LogP contribution < -0.4 is 11.1 Å². The Hall–Kier alpha value is -0.970. The summed E-state index contributed by atoms with van der Waals surface area (Å²) in [6, 6.07) is 6.84. The molecule has 0 spiro atoms. The van der Waals surface area contributed by atoms with Gasteiger partial charge in [0.05, 0.1) is 19.8 Å². The number of benzene rings is 1. The third kappa shape index (κ3) is 6.82. The molecule has 1 aromatic carbocycles. The molecule has 6 nitrogen and oxygen atoms in total. The number of aliphatic imine (C=N–C) groups is 1. The molecule has 0 atom stereocenters. The molecule has 8 heteroatoms. The van der Waals surface area contributed by atoms with Crippen LogP contribution in [-0.4, -0.2) is 70.0 Å². The van der Waals surface area contributed by atoms with Gasteiger partial charge in [0.2, 0.25) is 0 Å². The van der Waals surface area contributed by atoms with Crippen LogP contribution in [0.5, 0.6) is 0 Å². The fraction of sp³-hybridized carbons (Fsp3) is 0.650. The number of ether oxygens (including phenoxy) is 2. The van der Waals surface area contributed by atoms with Gasteiger partial charge in [-0.25, -0.2) is 4.39 Å². The first-order valence-corrected chi connectivity index (χ1v) is 9.86. The molecule has 2 fully saturated rings. The van der Waals surface area contributed by atoms with Crippen molar-refractivity contribution < 1.29 is 13.9 Å². The van der Waals surface area contributed by atoms with E-state index in [4.69, 9.17) is 15.2 Å². The van der Waals surface area contributed by atoms with Crippen molar-refractivity contribution in [2.24, 2.45) is 10.7 Å². The predicted molar refractivity (Wildman–Crippen MR) is 120 cm³/mol. The summed E-state index contributed by atoms with van der Waals surface area (Å²) in [5, 5.41) is 3.21. The monoisotopic (exact) mass is 506 g/mol. The van der Waals surface area contributed by atoms with Gasteiger partial charge in [-0.05, 0) is 43.5 Å². The zero-order chi connectivity index (χ0) is 19.0. The molecule has 3 N–H and O–H groups in total. The zero-order valence-electron chi connectivity index (χ0n) is 16.4. The maximum Gasteiger partial charge on any atom is 0.188 e. The van der Waals surface area contributed by atoms with Crippen molar-refractivity contribution >= 4 is 29.9 Å². The Kier molecular flexibility index (Phi) is 9.90. The van der Waals surface area contributed by atoms with Crippen LogP contribution in [0.2, 0.25) is 0 Å². The molecule has 0 amide bonds. The van der Waals surface area contributed by atoms with Gasteiger partial charge in [-0.2, -0.15) is 0 Å². The second kappa shape index (κ2) is 11.9. The lowest BCUT2D eigenvalue weighted by molar-refractivity contribution is 0.0376. The van der Waals surface area contributed by atoms with Crippen LogP contribution in [0.4, 0.5) is 4.39 Å². The second-order valence-electron chi connectivity index (χ2n) is 7.34. The molecular weight excluding hydrogens is 474 g/mol. The Morgan fingerprint density at radius 1 is 1.18 bits per heavy atom. The Balaban J connectivity index is 0.00000280. The van der Waals surface area contributed by atoms with E-state index in [1.165, 1.54) is 6.07 Å². The highest BCUT2D eigenvalue weighted by atomic mass is 127. The van der Waals surface area contributed by atoms with Crippen molar-refractivity contribution in [1.82, 2.24) is 10.2 Å². The molecule has 2 aliphatic rings. The van der Waals surface area contributed by atoms with E-state index in [-0.39, 0.29) is 35.2 Å². The fourth-order valence-electron chi connectivity index (χ4n) is 3.75. The van der Waals surface area contributed by atoms with Crippen molar-refractivity contribution in [2.75, 3.05) is 59.2 Å². The van der Waals surface area contributed by atoms with Gasteiger partial charge in [-0.15, -0.1) is 24.0 Å². The Morgan fingerprint density at radius 3 is 2.61 bits per heavy atom. The molecule has 3 rings (SSSR count). The van der Waals surface area contributed by atoms with Crippen LogP contribution >= 0.6 is 24.0 Å². The molecule has 2 saturated heterocycles. The number of hydrogen-bond acceptors (Lipinski definition) is 4. The number of nitrogens with zero attached hydrogens (tertiary/aromatic N) is 2. The number of nitrogens with one attached hydrogen (secondary N) is 1. The normalized spacial score (nSPS) is 20.4. The highest BCUT2D eigenvalue weighted by Gasteiger charge is 2.34. The maximum absolute atomic E-state index is 13.7. The Labute approximate surface area is 184 Å². The third-order valence-corrected chi connectivity index (χ3v) is 5.50. The summed E-state index contributed by atoms with van der Waals surface area (Å²) >= 11 is 0. The summed E-state index contributed by atoms with van der Waals surface area (Å²) in [5.74, 6) is 0.246. The molecule has 0 aliphatic carbocycles. The molecule has 2 aliphatic heterocycles. The molecular formula is C20H32FIN4O2. The highest BCUT2D eigenvalue weighted by Crippen LogP contribution is 2.35. The van der Waals surface area contributed by atoms with E-state index in [9.17, 15) is 4.39 Å². The Morgan fingerprint density at radius 2 is 1.89 bits per heavy atom. The van der Waals surface area contributed by atoms with Crippen LogP contribution in [0.25, 0.3) is 0 Å². The van der Waals surface area contributed by atoms with E-state index in [0.29, 0.717) is 25.7 Å². The average molecular weight is 506 g/mol. The lowest BCUT2D eigenvalue weighted by Crippen LogP contribution is -2.40. The number of nitrogens with two attached hydrogens (primary N) is 1. The minimum Gasteiger partial charge on any atom is -0.381 e. The van der Waals surface area contributed by atoms with Crippen molar-refractivity contribution in [3.05, 3.63) is 35.6 Å². The standard InChI is InChI=1S/C20H31FN4O2.HI/c21-18-4-1-3-17(15-18)20(5-11-26-12-6-20)16-24-19(22)23-7-2-8-25-9-13-27-14-10-25;/h1,3-4,15H,2,5-14,16H2,(H3,22,23,24);1H. The molecule has 0 radical (unpaired) electrons. The van der Waals surface area contributed by atoms with Crippen molar-refractivity contribution in [3.8, 4) is 0 Å². The van der Waals surface area contributed by atoms with E-state index < -0.39 is 0 Å². The summed E-state index contributed by atoms with van der Waals surface area (Å²) in [6.07, 6.45) is 2.66. The third-order valence-electron chi connectivity index (χ3n) is 5.50. The van der Waals surface area contributed by atoms with Crippen LogP contribution in [0.1, 0.15) is 24.8 Å². The Bertz CT molecular complexity index is 620. The van der Waals surface area contributed by atoms with Crippen LogP contribution in [-0.2, 0) is 14.9 Å².